The van der Waals surface area contributed by atoms with Crippen molar-refractivity contribution >= 4 is 23.3 Å². The molecule has 4 rings (SSSR count). The maximum Gasteiger partial charge on any atom is 0.573 e. The summed E-state index contributed by atoms with van der Waals surface area (Å²) >= 11 is 0. The molecule has 0 aliphatic carbocycles. The van der Waals surface area contributed by atoms with Gasteiger partial charge in [-0.25, -0.2) is 4.98 Å². The highest BCUT2D eigenvalue weighted by Crippen LogP contribution is 2.31. The molecule has 1 N–H and O–H groups in total. The van der Waals surface area contributed by atoms with Gasteiger partial charge in [0, 0.05) is 45.0 Å². The van der Waals surface area contributed by atoms with E-state index in [1.54, 1.807) is 36.1 Å². The van der Waals surface area contributed by atoms with Crippen LogP contribution in [0.25, 0.3) is 11.1 Å². The first-order valence-electron chi connectivity index (χ1n) is 11.3. The van der Waals surface area contributed by atoms with Crippen LogP contribution in [0.3, 0.4) is 0 Å². The number of nitrogens with zero attached hydrogens (tertiary/aromatic N) is 3. The van der Waals surface area contributed by atoms with Crippen molar-refractivity contribution < 1.29 is 27.5 Å². The molecule has 36 heavy (non-hydrogen) atoms. The molecule has 0 atom stereocenters. The minimum absolute atomic E-state index is 0.0569. The summed E-state index contributed by atoms with van der Waals surface area (Å²) in [7, 11) is 0. The fourth-order valence-electron chi connectivity index (χ4n) is 4.07. The molecule has 1 saturated heterocycles. The second-order valence-electron chi connectivity index (χ2n) is 8.40. The molecule has 2 amide bonds. The SMILES string of the molecule is CC(=O)N1CCN(c2ccc(C(=O)Nc3cccc(-c4ccc(OC(F)(F)F)cc4)c3C)cn2)CC1. The fourth-order valence-corrected chi connectivity index (χ4v) is 4.07. The quantitative estimate of drug-likeness (QED) is 0.543. The molecule has 0 bridgehead atoms. The monoisotopic (exact) mass is 498 g/mol. The average Bonchev–Trinajstić information content (AvgIpc) is 2.85. The van der Waals surface area contributed by atoms with Crippen LogP contribution >= 0.6 is 0 Å². The van der Waals surface area contributed by atoms with Gasteiger partial charge in [0.05, 0.1) is 5.56 Å². The van der Waals surface area contributed by atoms with Gasteiger partial charge < -0.3 is 19.9 Å². The third-order valence-electron chi connectivity index (χ3n) is 6.04. The van der Waals surface area contributed by atoms with E-state index in [4.69, 9.17) is 0 Å². The molecule has 1 aromatic heterocycles. The average molecular weight is 499 g/mol. The Morgan fingerprint density at radius 1 is 0.972 bits per heavy atom. The van der Waals surface area contributed by atoms with Gasteiger partial charge in [-0.05, 0) is 53.9 Å². The van der Waals surface area contributed by atoms with Crippen molar-refractivity contribution in [2.24, 2.45) is 0 Å². The number of halogens is 3. The Morgan fingerprint density at radius 2 is 1.67 bits per heavy atom. The van der Waals surface area contributed by atoms with Crippen molar-refractivity contribution in [3.63, 3.8) is 0 Å². The lowest BCUT2D eigenvalue weighted by Gasteiger charge is -2.34. The minimum Gasteiger partial charge on any atom is -0.406 e. The van der Waals surface area contributed by atoms with Crippen LogP contribution in [0.1, 0.15) is 22.8 Å². The molecule has 0 spiro atoms. The second kappa shape index (κ2) is 10.3. The van der Waals surface area contributed by atoms with Crippen molar-refractivity contribution in [3.05, 3.63) is 71.9 Å². The highest BCUT2D eigenvalue weighted by atomic mass is 19.4. The van der Waals surface area contributed by atoms with Gasteiger partial charge in [-0.15, -0.1) is 13.2 Å². The largest absolute Gasteiger partial charge is 0.573 e. The Bertz CT molecular complexity index is 1240. The van der Waals surface area contributed by atoms with E-state index in [9.17, 15) is 22.8 Å². The molecule has 1 fully saturated rings. The maximum absolute atomic E-state index is 12.9. The van der Waals surface area contributed by atoms with Gasteiger partial charge >= 0.3 is 6.36 Å². The van der Waals surface area contributed by atoms with Crippen LogP contribution in [-0.2, 0) is 4.79 Å². The molecule has 2 heterocycles. The zero-order valence-electron chi connectivity index (χ0n) is 19.8. The standard InChI is InChI=1S/C26H25F3N4O3/c1-17-22(19-6-9-21(10-7-19)36-26(27,28)29)4-3-5-23(17)31-25(35)20-8-11-24(30-16-20)33-14-12-32(13-15-33)18(2)34/h3-11,16H,12-15H2,1-2H3,(H,31,35). The number of benzene rings is 2. The first-order valence-corrected chi connectivity index (χ1v) is 11.3. The lowest BCUT2D eigenvalue weighted by molar-refractivity contribution is -0.274. The second-order valence-corrected chi connectivity index (χ2v) is 8.40. The number of hydrogen-bond acceptors (Lipinski definition) is 5. The van der Waals surface area contributed by atoms with Gasteiger partial charge in [0.15, 0.2) is 0 Å². The minimum atomic E-state index is -4.75. The van der Waals surface area contributed by atoms with Crippen LogP contribution in [-0.4, -0.2) is 54.2 Å². The van der Waals surface area contributed by atoms with E-state index in [1.165, 1.54) is 30.5 Å². The summed E-state index contributed by atoms with van der Waals surface area (Å²) in [6, 6.07) is 14.4. The normalized spacial score (nSPS) is 13.9. The molecule has 7 nitrogen and oxygen atoms in total. The van der Waals surface area contributed by atoms with Gasteiger partial charge in [-0.1, -0.05) is 24.3 Å². The molecule has 0 radical (unpaired) electrons. The van der Waals surface area contributed by atoms with Crippen LogP contribution in [0.2, 0.25) is 0 Å². The number of hydrogen-bond donors (Lipinski definition) is 1. The molecular formula is C26H25F3N4O3. The molecule has 2 aromatic carbocycles. The Kier molecular flexibility index (Phi) is 7.14. The summed E-state index contributed by atoms with van der Waals surface area (Å²) < 4.78 is 41.2. The molecule has 0 saturated carbocycles. The van der Waals surface area contributed by atoms with Crippen molar-refractivity contribution in [2.75, 3.05) is 36.4 Å². The van der Waals surface area contributed by atoms with Crippen molar-refractivity contribution in [2.45, 2.75) is 20.2 Å². The van der Waals surface area contributed by atoms with Gasteiger partial charge in [0.25, 0.3) is 5.91 Å². The van der Waals surface area contributed by atoms with Crippen molar-refractivity contribution in [3.8, 4) is 16.9 Å². The summed E-state index contributed by atoms with van der Waals surface area (Å²) in [4.78, 5) is 32.7. The van der Waals surface area contributed by atoms with E-state index >= 15 is 0 Å². The summed E-state index contributed by atoms with van der Waals surface area (Å²) in [5.41, 5.74) is 3.19. The topological polar surface area (TPSA) is 74.8 Å². The van der Waals surface area contributed by atoms with E-state index in [1.807, 2.05) is 13.0 Å². The molecule has 1 aliphatic rings. The van der Waals surface area contributed by atoms with E-state index in [2.05, 4.69) is 19.9 Å². The number of rotatable bonds is 5. The zero-order chi connectivity index (χ0) is 25.9. The third kappa shape index (κ3) is 5.94. The Labute approximate surface area is 206 Å². The maximum atomic E-state index is 12.9. The number of aromatic nitrogens is 1. The number of amides is 2. The van der Waals surface area contributed by atoms with Gasteiger partial charge in [-0.2, -0.15) is 0 Å². The summed E-state index contributed by atoms with van der Waals surface area (Å²) in [5, 5.41) is 2.89. The summed E-state index contributed by atoms with van der Waals surface area (Å²) in [6.07, 6.45) is -3.24. The first kappa shape index (κ1) is 25.0. The Hall–Kier alpha value is -4.08. The predicted molar refractivity (Wildman–Crippen MR) is 130 cm³/mol. The molecule has 188 valence electrons. The molecule has 3 aromatic rings. The van der Waals surface area contributed by atoms with Crippen LogP contribution in [0.5, 0.6) is 5.75 Å². The summed E-state index contributed by atoms with van der Waals surface area (Å²) in [5.74, 6) is 0.169. The molecule has 0 unspecified atom stereocenters. The lowest BCUT2D eigenvalue weighted by atomic mass is 9.99. The predicted octanol–water partition coefficient (Wildman–Crippen LogP) is 4.88. The fraction of sp³-hybridized carbons (Fsp3) is 0.269. The van der Waals surface area contributed by atoms with Gasteiger partial charge in [0.1, 0.15) is 11.6 Å². The van der Waals surface area contributed by atoms with Crippen LogP contribution in [0, 0.1) is 6.92 Å². The number of nitrogens with one attached hydrogen (secondary N) is 1. The third-order valence-corrected chi connectivity index (χ3v) is 6.04. The van der Waals surface area contributed by atoms with Gasteiger partial charge in [-0.3, -0.25) is 9.59 Å². The summed E-state index contributed by atoms with van der Waals surface area (Å²) in [6.45, 7) is 6.00. The van der Waals surface area contributed by atoms with E-state index < -0.39 is 6.36 Å². The number of carbonyl (C=O) groups is 2. The van der Waals surface area contributed by atoms with Crippen LogP contribution in [0.15, 0.2) is 60.8 Å². The number of alkyl halides is 3. The zero-order valence-corrected chi connectivity index (χ0v) is 19.8. The van der Waals surface area contributed by atoms with Crippen LogP contribution < -0.4 is 15.0 Å². The van der Waals surface area contributed by atoms with Crippen molar-refractivity contribution in [1.29, 1.82) is 0 Å². The molecule has 10 heteroatoms. The molecule has 1 aliphatic heterocycles. The Morgan fingerprint density at radius 3 is 2.25 bits per heavy atom. The number of anilines is 2. The number of pyridine rings is 1. The number of piperazine rings is 1. The van der Waals surface area contributed by atoms with E-state index in [-0.39, 0.29) is 17.6 Å². The highest BCUT2D eigenvalue weighted by molar-refractivity contribution is 6.05. The Balaban J connectivity index is 1.43. The smallest absolute Gasteiger partial charge is 0.406 e. The van der Waals surface area contributed by atoms with E-state index in [0.29, 0.717) is 43.0 Å². The number of carbonyl (C=O) groups excluding carboxylic acids is 2. The number of ether oxygens (including phenoxy) is 1. The highest BCUT2D eigenvalue weighted by Gasteiger charge is 2.31. The molecular weight excluding hydrogens is 473 g/mol. The lowest BCUT2D eigenvalue weighted by Crippen LogP contribution is -2.48. The van der Waals surface area contributed by atoms with Gasteiger partial charge in [0.2, 0.25) is 5.91 Å². The van der Waals surface area contributed by atoms with E-state index in [0.717, 1.165) is 16.9 Å². The van der Waals surface area contributed by atoms with Crippen molar-refractivity contribution in [1.82, 2.24) is 9.88 Å². The first-order chi connectivity index (χ1) is 17.1. The van der Waals surface area contributed by atoms with Crippen LogP contribution in [0.4, 0.5) is 24.7 Å².